The number of unbranched alkanes of at least 4 members (excludes halogenated alkanes) is 6. The van der Waals surface area contributed by atoms with Crippen LogP contribution >= 0.6 is 0 Å². The molecule has 18 heteroatoms. The van der Waals surface area contributed by atoms with Gasteiger partial charge in [0.25, 0.3) is 0 Å². The van der Waals surface area contributed by atoms with E-state index in [-0.39, 0.29) is 56.3 Å². The highest BCUT2D eigenvalue weighted by molar-refractivity contribution is 5.97. The van der Waals surface area contributed by atoms with E-state index in [0.717, 1.165) is 32.1 Å². The van der Waals surface area contributed by atoms with E-state index in [1.807, 2.05) is 13.8 Å². The monoisotopic (exact) mass is 860 g/mol. The number of phenolic OH excluding ortho intramolecular Hbond substituents is 1. The SMILES string of the molecule is CCCCCCCCCC(=O)N[C@@H](CC(C)C)C(=O)N[C@H](C(=O)N1CCC[C@@H]1C(=O)N[C@H](C(=O)N[C@@H](C)C(=O)N[C@@H](Cc1ccc(O)cc1)C(=O)NCC=O)C(C)O)C(C)O. The summed E-state index contributed by atoms with van der Waals surface area (Å²) >= 11 is 0. The smallest absolute Gasteiger partial charge is 0.248 e. The number of amides is 7. The lowest BCUT2D eigenvalue weighted by Crippen LogP contribution is -2.62. The number of carbonyl (C=O) groups is 8. The third kappa shape index (κ3) is 18.2. The number of benzene rings is 1. The van der Waals surface area contributed by atoms with Gasteiger partial charge in [0.2, 0.25) is 41.4 Å². The summed E-state index contributed by atoms with van der Waals surface area (Å²) in [5.74, 6) is -4.90. The van der Waals surface area contributed by atoms with Gasteiger partial charge in [0, 0.05) is 19.4 Å². The summed E-state index contributed by atoms with van der Waals surface area (Å²) in [6.45, 7) is 9.61. The third-order valence-electron chi connectivity index (χ3n) is 10.4. The Balaban J connectivity index is 2.10. The molecule has 0 saturated carbocycles. The molecule has 18 nitrogen and oxygen atoms in total. The van der Waals surface area contributed by atoms with Crippen molar-refractivity contribution in [1.29, 1.82) is 0 Å². The van der Waals surface area contributed by atoms with Crippen LogP contribution in [-0.2, 0) is 44.8 Å². The van der Waals surface area contributed by atoms with E-state index in [0.29, 0.717) is 24.7 Å². The summed E-state index contributed by atoms with van der Waals surface area (Å²) in [5.41, 5.74) is 0.577. The van der Waals surface area contributed by atoms with Gasteiger partial charge in [-0.25, -0.2) is 0 Å². The Morgan fingerprint density at radius 3 is 1.95 bits per heavy atom. The Hall–Kier alpha value is -5.10. The average Bonchev–Trinajstić information content (AvgIpc) is 3.70. The molecule has 1 aromatic rings. The summed E-state index contributed by atoms with van der Waals surface area (Å²) in [5, 5.41) is 46.0. The van der Waals surface area contributed by atoms with Crippen LogP contribution in [0.2, 0.25) is 0 Å². The van der Waals surface area contributed by atoms with E-state index in [2.05, 4.69) is 38.8 Å². The molecule has 1 aliphatic rings. The maximum atomic E-state index is 13.9. The Morgan fingerprint density at radius 1 is 0.738 bits per heavy atom. The number of nitrogens with one attached hydrogen (secondary N) is 6. The van der Waals surface area contributed by atoms with Gasteiger partial charge in [0.1, 0.15) is 48.3 Å². The number of aliphatic hydroxyl groups excluding tert-OH is 2. The van der Waals surface area contributed by atoms with Crippen LogP contribution in [0.5, 0.6) is 5.75 Å². The number of nitrogens with zero attached hydrogens (tertiary/aromatic N) is 1. The van der Waals surface area contributed by atoms with Gasteiger partial charge in [-0.1, -0.05) is 71.4 Å². The van der Waals surface area contributed by atoms with Crippen LogP contribution in [-0.4, -0.2) is 129 Å². The Kier molecular flexibility index (Phi) is 23.0. The van der Waals surface area contributed by atoms with Crippen LogP contribution in [0.4, 0.5) is 0 Å². The number of rotatable bonds is 27. The summed E-state index contributed by atoms with van der Waals surface area (Å²) in [6.07, 6.45) is 5.90. The van der Waals surface area contributed by atoms with Gasteiger partial charge in [0.05, 0.1) is 18.8 Å². The lowest BCUT2D eigenvalue weighted by atomic mass is 10.0. The summed E-state index contributed by atoms with van der Waals surface area (Å²) in [7, 11) is 0. The fourth-order valence-corrected chi connectivity index (χ4v) is 7.00. The largest absolute Gasteiger partial charge is 0.508 e. The molecule has 342 valence electrons. The van der Waals surface area contributed by atoms with Crippen LogP contribution in [0, 0.1) is 5.92 Å². The first-order valence-corrected chi connectivity index (χ1v) is 21.6. The van der Waals surface area contributed by atoms with Crippen LogP contribution in [0.1, 0.15) is 118 Å². The fourth-order valence-electron chi connectivity index (χ4n) is 7.00. The summed E-state index contributed by atoms with van der Waals surface area (Å²) in [4.78, 5) is 105. The highest BCUT2D eigenvalue weighted by Crippen LogP contribution is 2.21. The lowest BCUT2D eigenvalue weighted by Gasteiger charge is -2.32. The van der Waals surface area contributed by atoms with Crippen LogP contribution < -0.4 is 31.9 Å². The van der Waals surface area contributed by atoms with Gasteiger partial charge in [-0.15, -0.1) is 0 Å². The van der Waals surface area contributed by atoms with E-state index in [1.54, 1.807) is 12.1 Å². The topological polar surface area (TPSA) is 273 Å². The maximum Gasteiger partial charge on any atom is 0.248 e. The van der Waals surface area contributed by atoms with Crippen LogP contribution in [0.3, 0.4) is 0 Å². The van der Waals surface area contributed by atoms with Crippen molar-refractivity contribution in [2.75, 3.05) is 13.1 Å². The number of phenols is 1. The fraction of sp³-hybridized carbons (Fsp3) is 0.674. The van der Waals surface area contributed by atoms with E-state index < -0.39 is 83.9 Å². The molecule has 0 aliphatic carbocycles. The Morgan fingerprint density at radius 2 is 1.36 bits per heavy atom. The second kappa shape index (κ2) is 27.0. The number of likely N-dealkylation sites (tertiary alicyclic amines) is 1. The molecule has 1 heterocycles. The quantitative estimate of drug-likeness (QED) is 0.0438. The van der Waals surface area contributed by atoms with Crippen molar-refractivity contribution in [3.63, 3.8) is 0 Å². The zero-order valence-electron chi connectivity index (χ0n) is 36.5. The van der Waals surface area contributed by atoms with Gasteiger partial charge >= 0.3 is 0 Å². The van der Waals surface area contributed by atoms with Gasteiger partial charge in [0.15, 0.2) is 0 Å². The number of hydrogen-bond donors (Lipinski definition) is 9. The van der Waals surface area contributed by atoms with Crippen molar-refractivity contribution in [3.05, 3.63) is 29.8 Å². The number of aldehydes is 1. The van der Waals surface area contributed by atoms with Crippen molar-refractivity contribution in [1.82, 2.24) is 36.8 Å². The Bertz CT molecular complexity index is 1600. The second-order valence-electron chi connectivity index (χ2n) is 16.3. The number of aromatic hydroxyl groups is 1. The average molecular weight is 860 g/mol. The van der Waals surface area contributed by atoms with Gasteiger partial charge in [-0.05, 0) is 70.1 Å². The molecule has 2 unspecified atom stereocenters. The van der Waals surface area contributed by atoms with Crippen LogP contribution in [0.15, 0.2) is 24.3 Å². The minimum atomic E-state index is -1.59. The van der Waals surface area contributed by atoms with Crippen molar-refractivity contribution in [3.8, 4) is 5.75 Å². The molecule has 1 aromatic carbocycles. The molecule has 7 amide bonds. The molecule has 0 bridgehead atoms. The standard InChI is InChI=1S/C43H69N7O11/c1-7-8-9-10-11-12-13-16-35(55)46-32(24-26(2)3)40(58)49-37(29(6)53)43(61)50-22-14-15-34(50)41(59)48-36(28(5)52)42(60)45-27(4)38(56)47-33(39(57)44-21-23-51)25-30-17-19-31(54)20-18-30/h17-20,23,26-29,32-34,36-37,52-54H,7-16,21-22,24-25H2,1-6H3,(H,44,57)(H,45,60)(H,46,55)(H,47,56)(H,48,59)(H,49,58)/t27-,28?,29?,32-,33-,34+,36-,37-/m0/s1. The van der Waals surface area contributed by atoms with Gasteiger partial charge in [-0.3, -0.25) is 33.6 Å². The van der Waals surface area contributed by atoms with Gasteiger partial charge in [-0.2, -0.15) is 0 Å². The molecule has 1 fully saturated rings. The molecule has 1 saturated heterocycles. The third-order valence-corrected chi connectivity index (χ3v) is 10.4. The predicted octanol–water partition coefficient (Wildman–Crippen LogP) is 0.633. The normalized spacial score (nSPS) is 17.1. The molecular formula is C43H69N7O11. The lowest BCUT2D eigenvalue weighted by molar-refractivity contribution is -0.145. The van der Waals surface area contributed by atoms with E-state index >= 15 is 0 Å². The zero-order chi connectivity index (χ0) is 45.6. The van der Waals surface area contributed by atoms with Crippen LogP contribution in [0.25, 0.3) is 0 Å². The number of aliphatic hydroxyl groups is 2. The molecule has 61 heavy (non-hydrogen) atoms. The highest BCUT2D eigenvalue weighted by atomic mass is 16.3. The minimum Gasteiger partial charge on any atom is -0.508 e. The first-order valence-electron chi connectivity index (χ1n) is 21.6. The molecular weight excluding hydrogens is 791 g/mol. The molecule has 0 aromatic heterocycles. The maximum absolute atomic E-state index is 13.9. The first-order chi connectivity index (χ1) is 28.9. The zero-order valence-corrected chi connectivity index (χ0v) is 36.5. The molecule has 0 radical (unpaired) electrons. The summed E-state index contributed by atoms with van der Waals surface area (Å²) in [6, 6.07) is -1.72. The number of hydrogen-bond acceptors (Lipinski definition) is 11. The molecule has 1 aliphatic heterocycles. The summed E-state index contributed by atoms with van der Waals surface area (Å²) < 4.78 is 0. The molecule has 2 rings (SSSR count). The van der Waals surface area contributed by atoms with E-state index in [4.69, 9.17) is 0 Å². The van der Waals surface area contributed by atoms with Crippen molar-refractivity contribution >= 4 is 47.6 Å². The minimum absolute atomic E-state index is 0.00631. The van der Waals surface area contributed by atoms with Gasteiger partial charge < -0.3 is 56.9 Å². The first kappa shape index (κ1) is 52.0. The molecule has 9 N–H and O–H groups in total. The predicted molar refractivity (Wildman–Crippen MR) is 226 cm³/mol. The van der Waals surface area contributed by atoms with E-state index in [9.17, 15) is 53.7 Å². The second-order valence-corrected chi connectivity index (χ2v) is 16.3. The van der Waals surface area contributed by atoms with Crippen molar-refractivity contribution in [2.45, 2.75) is 167 Å². The highest BCUT2D eigenvalue weighted by Gasteiger charge is 2.41. The Labute approximate surface area is 359 Å². The number of carbonyl (C=O) groups excluding carboxylic acids is 8. The van der Waals surface area contributed by atoms with Crippen molar-refractivity contribution in [2.24, 2.45) is 5.92 Å². The van der Waals surface area contributed by atoms with Crippen molar-refractivity contribution < 1.29 is 53.7 Å². The van der Waals surface area contributed by atoms with E-state index in [1.165, 1.54) is 44.2 Å². The molecule has 8 atom stereocenters. The molecule has 0 spiro atoms.